The monoisotopic (exact) mass is 290 g/mol. The molecular formula is C15H22N4O2. The van der Waals surface area contributed by atoms with Gasteiger partial charge in [0.25, 0.3) is 5.91 Å². The smallest absolute Gasteiger partial charge is 0.319 e. The van der Waals surface area contributed by atoms with Gasteiger partial charge >= 0.3 is 6.03 Å². The third-order valence-corrected chi connectivity index (χ3v) is 3.13. The molecule has 0 unspecified atom stereocenters. The Morgan fingerprint density at radius 3 is 2.76 bits per heavy atom. The van der Waals surface area contributed by atoms with Gasteiger partial charge in [-0.15, -0.1) is 0 Å². The molecule has 6 nitrogen and oxygen atoms in total. The highest BCUT2D eigenvalue weighted by Gasteiger charge is 2.23. The van der Waals surface area contributed by atoms with Crippen LogP contribution in [0, 0.1) is 0 Å². The summed E-state index contributed by atoms with van der Waals surface area (Å²) in [7, 11) is 0. The van der Waals surface area contributed by atoms with Gasteiger partial charge in [-0.3, -0.25) is 4.79 Å². The first-order valence-corrected chi connectivity index (χ1v) is 7.35. The zero-order chi connectivity index (χ0) is 15.1. The average Bonchev–Trinajstić information content (AvgIpc) is 3.27. The number of anilines is 1. The van der Waals surface area contributed by atoms with Crippen molar-refractivity contribution in [3.8, 4) is 0 Å². The lowest BCUT2D eigenvalue weighted by molar-refractivity contribution is 0.0954. The average molecular weight is 290 g/mol. The second-order valence-electron chi connectivity index (χ2n) is 5.06. The van der Waals surface area contributed by atoms with Gasteiger partial charge in [0.1, 0.15) is 0 Å². The Balaban J connectivity index is 1.84. The molecule has 6 heteroatoms. The van der Waals surface area contributed by atoms with Gasteiger partial charge in [0.2, 0.25) is 0 Å². The van der Waals surface area contributed by atoms with Crippen LogP contribution in [0.4, 0.5) is 10.5 Å². The molecular weight excluding hydrogens is 268 g/mol. The zero-order valence-electron chi connectivity index (χ0n) is 12.2. The molecule has 1 aromatic carbocycles. The molecule has 4 N–H and O–H groups in total. The van der Waals surface area contributed by atoms with Crippen LogP contribution in [-0.2, 0) is 0 Å². The summed E-state index contributed by atoms with van der Waals surface area (Å²) in [5.74, 6) is -0.140. The Labute approximate surface area is 124 Å². The summed E-state index contributed by atoms with van der Waals surface area (Å²) in [5.41, 5.74) is 1.16. The number of hydrogen-bond donors (Lipinski definition) is 4. The van der Waals surface area contributed by atoms with E-state index in [0.29, 0.717) is 23.8 Å². The maximum atomic E-state index is 12.0. The number of urea groups is 1. The van der Waals surface area contributed by atoms with Crippen molar-refractivity contribution in [1.29, 1.82) is 0 Å². The number of carbonyl (C=O) groups is 2. The van der Waals surface area contributed by atoms with Crippen molar-refractivity contribution in [3.63, 3.8) is 0 Å². The van der Waals surface area contributed by atoms with Crippen LogP contribution in [0.15, 0.2) is 24.3 Å². The minimum atomic E-state index is -0.220. The molecule has 1 fully saturated rings. The fraction of sp³-hybridized carbons (Fsp3) is 0.467. The van der Waals surface area contributed by atoms with Gasteiger partial charge in [-0.2, -0.15) is 0 Å². The summed E-state index contributed by atoms with van der Waals surface area (Å²) in [6.45, 7) is 4.21. The Morgan fingerprint density at radius 2 is 2.05 bits per heavy atom. The van der Waals surface area contributed by atoms with Crippen LogP contribution >= 0.6 is 0 Å². The standard InChI is InChI=1S/C15H22N4O2/c1-2-16-8-9-17-14(20)11-4-3-5-13(10-11)19-15(21)18-12-6-7-12/h3-5,10,12,16H,2,6-9H2,1H3,(H,17,20)(H2,18,19,21). The van der Waals surface area contributed by atoms with Gasteiger partial charge in [-0.1, -0.05) is 13.0 Å². The van der Waals surface area contributed by atoms with E-state index in [0.717, 1.165) is 25.9 Å². The Bertz CT molecular complexity index is 500. The number of hydrogen-bond acceptors (Lipinski definition) is 3. The summed E-state index contributed by atoms with van der Waals surface area (Å²) in [6.07, 6.45) is 2.09. The van der Waals surface area contributed by atoms with Crippen molar-refractivity contribution >= 4 is 17.6 Å². The molecule has 0 radical (unpaired) electrons. The number of rotatable bonds is 7. The number of likely N-dealkylation sites (N-methyl/N-ethyl adjacent to an activating group) is 1. The highest BCUT2D eigenvalue weighted by atomic mass is 16.2. The summed E-state index contributed by atoms with van der Waals surface area (Å²) in [6, 6.07) is 7.01. The van der Waals surface area contributed by atoms with Crippen LogP contribution < -0.4 is 21.3 Å². The van der Waals surface area contributed by atoms with Crippen LogP contribution in [0.25, 0.3) is 0 Å². The Hall–Kier alpha value is -2.08. The van der Waals surface area contributed by atoms with Crippen molar-refractivity contribution in [2.75, 3.05) is 25.0 Å². The molecule has 0 bridgehead atoms. The van der Waals surface area contributed by atoms with Gasteiger partial charge in [0, 0.05) is 30.4 Å². The van der Waals surface area contributed by atoms with E-state index in [1.165, 1.54) is 0 Å². The van der Waals surface area contributed by atoms with E-state index in [4.69, 9.17) is 0 Å². The minimum absolute atomic E-state index is 0.140. The summed E-state index contributed by atoms with van der Waals surface area (Å²) in [5, 5.41) is 11.5. The van der Waals surface area contributed by atoms with Gasteiger partial charge in [-0.05, 0) is 37.6 Å². The molecule has 0 atom stereocenters. The number of carbonyl (C=O) groups excluding carboxylic acids is 2. The fourth-order valence-corrected chi connectivity index (χ4v) is 1.86. The van der Waals surface area contributed by atoms with E-state index in [9.17, 15) is 9.59 Å². The first kappa shape index (κ1) is 15.3. The molecule has 0 aliphatic heterocycles. The van der Waals surface area contributed by atoms with Crippen molar-refractivity contribution < 1.29 is 9.59 Å². The fourth-order valence-electron chi connectivity index (χ4n) is 1.86. The van der Waals surface area contributed by atoms with E-state index in [1.807, 2.05) is 6.92 Å². The van der Waals surface area contributed by atoms with E-state index >= 15 is 0 Å². The van der Waals surface area contributed by atoms with Gasteiger partial charge < -0.3 is 21.3 Å². The lowest BCUT2D eigenvalue weighted by Crippen LogP contribution is -2.32. The minimum Gasteiger partial charge on any atom is -0.351 e. The van der Waals surface area contributed by atoms with E-state index in [-0.39, 0.29) is 11.9 Å². The summed E-state index contributed by atoms with van der Waals surface area (Å²) < 4.78 is 0. The van der Waals surface area contributed by atoms with Crippen molar-refractivity contribution in [3.05, 3.63) is 29.8 Å². The summed E-state index contributed by atoms with van der Waals surface area (Å²) in [4.78, 5) is 23.6. The lowest BCUT2D eigenvalue weighted by atomic mass is 10.2. The highest BCUT2D eigenvalue weighted by molar-refractivity contribution is 5.96. The highest BCUT2D eigenvalue weighted by Crippen LogP contribution is 2.19. The largest absolute Gasteiger partial charge is 0.351 e. The van der Waals surface area contributed by atoms with Crippen molar-refractivity contribution in [2.45, 2.75) is 25.8 Å². The quantitative estimate of drug-likeness (QED) is 0.571. The first-order chi connectivity index (χ1) is 10.2. The Morgan fingerprint density at radius 1 is 1.24 bits per heavy atom. The van der Waals surface area contributed by atoms with Gasteiger partial charge in [0.05, 0.1) is 0 Å². The second kappa shape index (κ2) is 7.64. The molecule has 21 heavy (non-hydrogen) atoms. The molecule has 1 aliphatic rings. The SMILES string of the molecule is CCNCCNC(=O)c1cccc(NC(=O)NC2CC2)c1. The molecule has 0 heterocycles. The molecule has 0 saturated heterocycles. The molecule has 0 aromatic heterocycles. The topological polar surface area (TPSA) is 82.3 Å². The van der Waals surface area contributed by atoms with Gasteiger partial charge in [0.15, 0.2) is 0 Å². The normalized spacial score (nSPS) is 13.6. The molecule has 114 valence electrons. The van der Waals surface area contributed by atoms with E-state index in [1.54, 1.807) is 24.3 Å². The van der Waals surface area contributed by atoms with Crippen molar-refractivity contribution in [2.24, 2.45) is 0 Å². The molecule has 3 amide bonds. The van der Waals surface area contributed by atoms with Crippen LogP contribution in [0.1, 0.15) is 30.1 Å². The van der Waals surface area contributed by atoms with Crippen molar-refractivity contribution in [1.82, 2.24) is 16.0 Å². The lowest BCUT2D eigenvalue weighted by Gasteiger charge is -2.09. The number of amides is 3. The number of benzene rings is 1. The maximum absolute atomic E-state index is 12.0. The third kappa shape index (κ3) is 5.43. The molecule has 2 rings (SSSR count). The van der Waals surface area contributed by atoms with Crippen LogP contribution in [0.2, 0.25) is 0 Å². The third-order valence-electron chi connectivity index (χ3n) is 3.13. The van der Waals surface area contributed by atoms with Crippen LogP contribution in [0.5, 0.6) is 0 Å². The van der Waals surface area contributed by atoms with Crippen LogP contribution in [-0.4, -0.2) is 37.6 Å². The van der Waals surface area contributed by atoms with E-state index in [2.05, 4.69) is 21.3 Å². The zero-order valence-corrected chi connectivity index (χ0v) is 12.2. The summed E-state index contributed by atoms with van der Waals surface area (Å²) >= 11 is 0. The maximum Gasteiger partial charge on any atom is 0.319 e. The Kier molecular flexibility index (Phi) is 5.57. The van der Waals surface area contributed by atoms with E-state index < -0.39 is 0 Å². The molecule has 1 aliphatic carbocycles. The van der Waals surface area contributed by atoms with Gasteiger partial charge in [-0.25, -0.2) is 4.79 Å². The second-order valence-corrected chi connectivity index (χ2v) is 5.06. The van der Waals surface area contributed by atoms with Crippen LogP contribution in [0.3, 0.4) is 0 Å². The molecule has 1 aromatic rings. The first-order valence-electron chi connectivity index (χ1n) is 7.35. The predicted molar refractivity (Wildman–Crippen MR) is 82.5 cm³/mol. The molecule has 1 saturated carbocycles. The number of nitrogens with one attached hydrogen (secondary N) is 4. The molecule has 0 spiro atoms. The predicted octanol–water partition coefficient (Wildman–Crippen LogP) is 1.31.